The van der Waals surface area contributed by atoms with Gasteiger partial charge in [-0.2, -0.15) is 13.2 Å². The van der Waals surface area contributed by atoms with Crippen molar-refractivity contribution in [1.82, 2.24) is 0 Å². The quantitative estimate of drug-likeness (QED) is 0.832. The van der Waals surface area contributed by atoms with Crippen LogP contribution in [0.15, 0.2) is 24.3 Å². The average Bonchev–Trinajstić information content (AvgIpc) is 2.26. The number of aryl methyl sites for hydroxylation is 1. The molecule has 2 nitrogen and oxygen atoms in total. The Bertz CT molecular complexity index is 395. The van der Waals surface area contributed by atoms with Crippen LogP contribution in [0.5, 0.6) is 0 Å². The fourth-order valence-electron chi connectivity index (χ4n) is 1.41. The largest absolute Gasteiger partial charge is 0.415 e. The number of carbonyl (C=O) groups excluding carboxylic acids is 1. The zero-order valence-electron chi connectivity index (χ0n) is 9.45. The van der Waals surface area contributed by atoms with Crippen molar-refractivity contribution in [3.8, 4) is 0 Å². The highest BCUT2D eigenvalue weighted by Gasteiger charge is 2.44. The van der Waals surface area contributed by atoms with Crippen LogP contribution >= 0.6 is 0 Å². The molecule has 94 valence electrons. The van der Waals surface area contributed by atoms with Crippen LogP contribution in [0.2, 0.25) is 0 Å². The maximum atomic E-state index is 12.2. The van der Waals surface area contributed by atoms with E-state index in [2.05, 4.69) is 0 Å². The minimum atomic E-state index is -4.78. The Balaban J connectivity index is 2.87. The first-order valence-electron chi connectivity index (χ1n) is 5.09. The fraction of sp³-hybridized carbons (Fsp3) is 0.417. The van der Waals surface area contributed by atoms with E-state index in [1.165, 1.54) is 12.1 Å². The Morgan fingerprint density at radius 3 is 2.12 bits per heavy atom. The van der Waals surface area contributed by atoms with Gasteiger partial charge in [0.05, 0.1) is 5.92 Å². The summed E-state index contributed by atoms with van der Waals surface area (Å²) in [6.07, 6.45) is -7.41. The van der Waals surface area contributed by atoms with Gasteiger partial charge in [-0.15, -0.1) is 0 Å². The summed E-state index contributed by atoms with van der Waals surface area (Å²) in [6, 6.07) is 6.19. The van der Waals surface area contributed by atoms with Crippen molar-refractivity contribution in [2.45, 2.75) is 26.1 Å². The summed E-state index contributed by atoms with van der Waals surface area (Å²) < 4.78 is 36.7. The number of halogens is 3. The number of alkyl halides is 3. The number of Topliss-reactive ketones (excluding diaryl/α,β-unsaturated/α-hetero) is 1. The lowest BCUT2D eigenvalue weighted by atomic mass is 9.93. The molecule has 0 aliphatic carbocycles. The van der Waals surface area contributed by atoms with E-state index in [0.717, 1.165) is 12.5 Å². The van der Waals surface area contributed by atoms with Crippen molar-refractivity contribution < 1.29 is 23.1 Å². The summed E-state index contributed by atoms with van der Waals surface area (Å²) in [7, 11) is 0. The van der Waals surface area contributed by atoms with E-state index >= 15 is 0 Å². The molecule has 2 atom stereocenters. The number of carbonyl (C=O) groups is 1. The predicted octanol–water partition coefficient (Wildman–Crippen LogP) is 2.74. The summed E-state index contributed by atoms with van der Waals surface area (Å²) >= 11 is 0. The first-order chi connectivity index (χ1) is 7.73. The van der Waals surface area contributed by atoms with E-state index in [1.807, 2.05) is 6.92 Å². The summed E-state index contributed by atoms with van der Waals surface area (Å²) in [4.78, 5) is 11.7. The van der Waals surface area contributed by atoms with Crippen LogP contribution in [0.25, 0.3) is 0 Å². The Morgan fingerprint density at radius 1 is 1.24 bits per heavy atom. The van der Waals surface area contributed by atoms with Crippen LogP contribution in [-0.2, 0) is 0 Å². The SMILES string of the molecule is Cc1ccc(C(=O)C(C)[C@@H](O)C(F)(F)F)cc1. The smallest absolute Gasteiger partial charge is 0.383 e. The Labute approximate surface area is 97.1 Å². The number of hydrogen-bond acceptors (Lipinski definition) is 2. The molecular formula is C12H13F3O2. The molecule has 0 aliphatic heterocycles. The molecular weight excluding hydrogens is 233 g/mol. The van der Waals surface area contributed by atoms with Gasteiger partial charge < -0.3 is 5.11 Å². The predicted molar refractivity (Wildman–Crippen MR) is 56.7 cm³/mol. The summed E-state index contributed by atoms with van der Waals surface area (Å²) in [5.74, 6) is -2.22. The van der Waals surface area contributed by atoms with E-state index in [1.54, 1.807) is 12.1 Å². The zero-order valence-corrected chi connectivity index (χ0v) is 9.45. The molecule has 0 spiro atoms. The normalized spacial score (nSPS) is 15.4. The first kappa shape index (κ1) is 13.7. The second-order valence-electron chi connectivity index (χ2n) is 4.01. The van der Waals surface area contributed by atoms with Gasteiger partial charge in [-0.3, -0.25) is 4.79 Å². The van der Waals surface area contributed by atoms with E-state index in [9.17, 15) is 18.0 Å². The van der Waals surface area contributed by atoms with Crippen LogP contribution in [-0.4, -0.2) is 23.2 Å². The van der Waals surface area contributed by atoms with E-state index in [4.69, 9.17) is 5.11 Å². The number of ketones is 1. The first-order valence-corrected chi connectivity index (χ1v) is 5.09. The Kier molecular flexibility index (Phi) is 3.93. The van der Waals surface area contributed by atoms with E-state index in [0.29, 0.717) is 0 Å². The number of hydrogen-bond donors (Lipinski definition) is 1. The molecule has 0 amide bonds. The maximum absolute atomic E-state index is 12.2. The van der Waals surface area contributed by atoms with Crippen LogP contribution < -0.4 is 0 Å². The molecule has 0 aromatic heterocycles. The molecule has 0 heterocycles. The molecule has 1 rings (SSSR count). The molecule has 1 N–H and O–H groups in total. The van der Waals surface area contributed by atoms with Crippen molar-refractivity contribution in [1.29, 1.82) is 0 Å². The van der Waals surface area contributed by atoms with Gasteiger partial charge in [-0.25, -0.2) is 0 Å². The molecule has 5 heteroatoms. The van der Waals surface area contributed by atoms with Crippen molar-refractivity contribution in [3.63, 3.8) is 0 Å². The van der Waals surface area contributed by atoms with Gasteiger partial charge in [-0.1, -0.05) is 36.8 Å². The third kappa shape index (κ3) is 3.30. The molecule has 0 radical (unpaired) electrons. The molecule has 0 fully saturated rings. The highest BCUT2D eigenvalue weighted by atomic mass is 19.4. The minimum Gasteiger partial charge on any atom is -0.383 e. The summed E-state index contributed by atoms with van der Waals surface area (Å²) in [5, 5.41) is 8.99. The fourth-order valence-corrected chi connectivity index (χ4v) is 1.41. The van der Waals surface area contributed by atoms with Gasteiger partial charge in [0.2, 0.25) is 0 Å². The topological polar surface area (TPSA) is 37.3 Å². The molecule has 0 saturated heterocycles. The summed E-state index contributed by atoms with van der Waals surface area (Å²) in [6.45, 7) is 2.88. The summed E-state index contributed by atoms with van der Waals surface area (Å²) in [5.41, 5.74) is 1.08. The lowest BCUT2D eigenvalue weighted by molar-refractivity contribution is -0.212. The second-order valence-corrected chi connectivity index (χ2v) is 4.01. The zero-order chi connectivity index (χ0) is 13.2. The average molecular weight is 246 g/mol. The number of aliphatic hydroxyl groups excluding tert-OH is 1. The van der Waals surface area contributed by atoms with Crippen molar-refractivity contribution in [3.05, 3.63) is 35.4 Å². The van der Waals surface area contributed by atoms with E-state index < -0.39 is 24.0 Å². The van der Waals surface area contributed by atoms with Gasteiger partial charge in [0, 0.05) is 5.56 Å². The second kappa shape index (κ2) is 4.87. The monoisotopic (exact) mass is 246 g/mol. The number of benzene rings is 1. The number of aliphatic hydroxyl groups is 1. The van der Waals surface area contributed by atoms with Gasteiger partial charge in [0.1, 0.15) is 0 Å². The maximum Gasteiger partial charge on any atom is 0.415 e. The van der Waals surface area contributed by atoms with Crippen molar-refractivity contribution >= 4 is 5.78 Å². The molecule has 17 heavy (non-hydrogen) atoms. The molecule has 0 saturated carbocycles. The molecule has 1 aromatic carbocycles. The van der Waals surface area contributed by atoms with Crippen LogP contribution in [0, 0.1) is 12.8 Å². The lowest BCUT2D eigenvalue weighted by Crippen LogP contribution is -2.38. The van der Waals surface area contributed by atoms with Crippen molar-refractivity contribution in [2.75, 3.05) is 0 Å². The van der Waals surface area contributed by atoms with Crippen molar-refractivity contribution in [2.24, 2.45) is 5.92 Å². The third-order valence-electron chi connectivity index (χ3n) is 2.56. The minimum absolute atomic E-state index is 0.173. The third-order valence-corrected chi connectivity index (χ3v) is 2.56. The van der Waals surface area contributed by atoms with Gasteiger partial charge in [0.15, 0.2) is 11.9 Å². The van der Waals surface area contributed by atoms with Crippen LogP contribution in [0.3, 0.4) is 0 Å². The molecule has 1 aromatic rings. The van der Waals surface area contributed by atoms with Gasteiger partial charge >= 0.3 is 6.18 Å². The molecule has 0 bridgehead atoms. The highest BCUT2D eigenvalue weighted by Crippen LogP contribution is 2.27. The highest BCUT2D eigenvalue weighted by molar-refractivity contribution is 5.98. The van der Waals surface area contributed by atoms with Crippen LogP contribution in [0.4, 0.5) is 13.2 Å². The van der Waals surface area contributed by atoms with Gasteiger partial charge in [0.25, 0.3) is 0 Å². The lowest BCUT2D eigenvalue weighted by Gasteiger charge is -2.20. The number of rotatable bonds is 3. The Hall–Kier alpha value is -1.36. The van der Waals surface area contributed by atoms with Crippen LogP contribution in [0.1, 0.15) is 22.8 Å². The van der Waals surface area contributed by atoms with Gasteiger partial charge in [-0.05, 0) is 6.92 Å². The Morgan fingerprint density at radius 2 is 1.71 bits per heavy atom. The molecule has 0 aliphatic rings. The van der Waals surface area contributed by atoms with E-state index in [-0.39, 0.29) is 5.56 Å². The molecule has 1 unspecified atom stereocenters. The standard InChI is InChI=1S/C12H13F3O2/c1-7-3-5-9(6-4-7)10(16)8(2)11(17)12(13,14)15/h3-6,8,11,17H,1-2H3/t8?,11-/m1/s1.